The summed E-state index contributed by atoms with van der Waals surface area (Å²) in [5.74, 6) is 1.44. The number of nitriles is 1. The summed E-state index contributed by atoms with van der Waals surface area (Å²) in [6.07, 6.45) is 3.93. The molecular formula is C21H21N5. The summed E-state index contributed by atoms with van der Waals surface area (Å²) in [6, 6.07) is 18.6. The van der Waals surface area contributed by atoms with E-state index in [1.165, 1.54) is 12.0 Å². The predicted molar refractivity (Wildman–Crippen MR) is 100 cm³/mol. The second-order valence-corrected chi connectivity index (χ2v) is 6.80. The van der Waals surface area contributed by atoms with Gasteiger partial charge >= 0.3 is 0 Å². The molecule has 5 nitrogen and oxygen atoms in total. The van der Waals surface area contributed by atoms with E-state index in [9.17, 15) is 5.26 Å². The van der Waals surface area contributed by atoms with Crippen molar-refractivity contribution in [3.63, 3.8) is 0 Å². The van der Waals surface area contributed by atoms with E-state index in [4.69, 9.17) is 0 Å². The molecule has 1 aromatic heterocycles. The second kappa shape index (κ2) is 7.51. The zero-order valence-electron chi connectivity index (χ0n) is 14.6. The van der Waals surface area contributed by atoms with Crippen LogP contribution in [0.3, 0.4) is 0 Å². The van der Waals surface area contributed by atoms with Gasteiger partial charge in [-0.2, -0.15) is 10.4 Å². The van der Waals surface area contributed by atoms with Gasteiger partial charge in [0.25, 0.3) is 0 Å². The molecule has 1 fully saturated rings. The summed E-state index contributed by atoms with van der Waals surface area (Å²) in [6.45, 7) is 3.06. The van der Waals surface area contributed by atoms with E-state index < -0.39 is 0 Å². The number of H-pyrrole nitrogens is 1. The molecule has 1 atom stereocenters. The third-order valence-corrected chi connectivity index (χ3v) is 5.04. The van der Waals surface area contributed by atoms with Crippen molar-refractivity contribution in [3.05, 3.63) is 71.8 Å². The largest absolute Gasteiger partial charge is 0.298 e. The molecule has 1 N–H and O–H groups in total. The molecule has 0 aliphatic carbocycles. The summed E-state index contributed by atoms with van der Waals surface area (Å²) >= 11 is 0. The fourth-order valence-electron chi connectivity index (χ4n) is 3.71. The molecule has 2 aromatic carbocycles. The first-order valence-corrected chi connectivity index (χ1v) is 8.99. The van der Waals surface area contributed by atoms with E-state index in [0.717, 1.165) is 43.0 Å². The van der Waals surface area contributed by atoms with Crippen molar-refractivity contribution in [2.75, 3.05) is 13.1 Å². The maximum atomic E-state index is 9.29. The van der Waals surface area contributed by atoms with E-state index in [2.05, 4.69) is 50.4 Å². The lowest BCUT2D eigenvalue weighted by molar-refractivity contribution is 0.197. The fourth-order valence-corrected chi connectivity index (χ4v) is 3.71. The van der Waals surface area contributed by atoms with Crippen molar-refractivity contribution in [1.29, 1.82) is 5.26 Å². The van der Waals surface area contributed by atoms with Gasteiger partial charge in [-0.1, -0.05) is 42.5 Å². The number of aromatic amines is 1. The molecule has 0 spiro atoms. The highest BCUT2D eigenvalue weighted by Gasteiger charge is 2.23. The summed E-state index contributed by atoms with van der Waals surface area (Å²) in [5, 5.41) is 16.3. The highest BCUT2D eigenvalue weighted by molar-refractivity contribution is 5.70. The van der Waals surface area contributed by atoms with E-state index in [1.54, 1.807) is 6.33 Å². The summed E-state index contributed by atoms with van der Waals surface area (Å²) in [4.78, 5) is 6.80. The Bertz CT molecular complexity index is 893. The summed E-state index contributed by atoms with van der Waals surface area (Å²) < 4.78 is 0. The highest BCUT2D eigenvalue weighted by Crippen LogP contribution is 2.27. The lowest BCUT2D eigenvalue weighted by Crippen LogP contribution is -2.34. The van der Waals surface area contributed by atoms with Crippen LogP contribution in [0.1, 0.15) is 35.7 Å². The second-order valence-electron chi connectivity index (χ2n) is 6.80. The fraction of sp³-hybridized carbons (Fsp3) is 0.286. The molecule has 26 heavy (non-hydrogen) atoms. The molecule has 130 valence electrons. The Morgan fingerprint density at radius 2 is 2.00 bits per heavy atom. The molecule has 1 aliphatic rings. The number of hydrogen-bond acceptors (Lipinski definition) is 4. The Labute approximate surface area is 153 Å². The maximum absolute atomic E-state index is 9.29. The minimum atomic E-state index is 0.438. The van der Waals surface area contributed by atoms with Crippen LogP contribution < -0.4 is 0 Å². The van der Waals surface area contributed by atoms with E-state index in [1.807, 2.05) is 24.3 Å². The molecule has 1 unspecified atom stereocenters. The lowest BCUT2D eigenvalue weighted by Gasteiger charge is -2.31. The van der Waals surface area contributed by atoms with Crippen molar-refractivity contribution < 1.29 is 0 Å². The molecule has 2 heterocycles. The average Bonchev–Trinajstić information content (AvgIpc) is 3.24. The molecular weight excluding hydrogens is 322 g/mol. The summed E-state index contributed by atoms with van der Waals surface area (Å²) in [7, 11) is 0. The standard InChI is InChI=1S/C21H21N5/c22-12-18-4-1-2-6-20(18)17-9-7-16(8-10-17)13-26-11-3-5-19(14-26)21-23-15-24-25-21/h1-2,4,6-10,15,19H,3,5,11,13-14H2,(H,23,24,25). The molecule has 3 aromatic rings. The minimum absolute atomic E-state index is 0.438. The van der Waals surface area contributed by atoms with Gasteiger partial charge in [0.15, 0.2) is 0 Å². The van der Waals surface area contributed by atoms with Crippen molar-refractivity contribution in [1.82, 2.24) is 20.1 Å². The molecule has 1 aliphatic heterocycles. The quantitative estimate of drug-likeness (QED) is 0.784. The molecule has 1 saturated heterocycles. The smallest absolute Gasteiger partial charge is 0.137 e. The van der Waals surface area contributed by atoms with Gasteiger partial charge in [0.1, 0.15) is 12.2 Å². The van der Waals surface area contributed by atoms with Gasteiger partial charge in [0, 0.05) is 19.0 Å². The average molecular weight is 343 g/mol. The Balaban J connectivity index is 1.45. The number of nitrogens with one attached hydrogen (secondary N) is 1. The van der Waals surface area contributed by atoms with Crippen LogP contribution in [0.2, 0.25) is 0 Å². The third kappa shape index (κ3) is 3.51. The maximum Gasteiger partial charge on any atom is 0.137 e. The Morgan fingerprint density at radius 3 is 2.77 bits per heavy atom. The van der Waals surface area contributed by atoms with E-state index in [-0.39, 0.29) is 0 Å². The monoisotopic (exact) mass is 343 g/mol. The third-order valence-electron chi connectivity index (χ3n) is 5.04. The van der Waals surface area contributed by atoms with Crippen LogP contribution >= 0.6 is 0 Å². The molecule has 4 rings (SSSR count). The van der Waals surface area contributed by atoms with Crippen LogP contribution in [0.4, 0.5) is 0 Å². The minimum Gasteiger partial charge on any atom is -0.298 e. The number of aromatic nitrogens is 3. The number of likely N-dealkylation sites (tertiary alicyclic amines) is 1. The van der Waals surface area contributed by atoms with Gasteiger partial charge in [-0.05, 0) is 42.1 Å². The molecule has 0 bridgehead atoms. The molecule has 5 heteroatoms. The first-order chi connectivity index (χ1) is 12.8. The molecule has 0 amide bonds. The first kappa shape index (κ1) is 16.5. The first-order valence-electron chi connectivity index (χ1n) is 8.99. The van der Waals surface area contributed by atoms with Gasteiger partial charge in [0.05, 0.1) is 11.6 Å². The number of hydrogen-bond donors (Lipinski definition) is 1. The Hall–Kier alpha value is -2.97. The van der Waals surface area contributed by atoms with Crippen molar-refractivity contribution in [2.45, 2.75) is 25.3 Å². The zero-order valence-corrected chi connectivity index (χ0v) is 14.6. The van der Waals surface area contributed by atoms with Crippen LogP contribution in [0, 0.1) is 11.3 Å². The highest BCUT2D eigenvalue weighted by atomic mass is 15.2. The Kier molecular flexibility index (Phi) is 4.76. The molecule has 0 saturated carbocycles. The number of rotatable bonds is 4. The van der Waals surface area contributed by atoms with Crippen molar-refractivity contribution in [3.8, 4) is 17.2 Å². The van der Waals surface area contributed by atoms with Crippen LogP contribution in [-0.2, 0) is 6.54 Å². The number of benzene rings is 2. The van der Waals surface area contributed by atoms with E-state index in [0.29, 0.717) is 11.5 Å². The van der Waals surface area contributed by atoms with Gasteiger partial charge in [-0.25, -0.2) is 4.98 Å². The summed E-state index contributed by atoms with van der Waals surface area (Å²) in [5.41, 5.74) is 4.08. The topological polar surface area (TPSA) is 68.6 Å². The number of nitrogens with zero attached hydrogens (tertiary/aromatic N) is 4. The normalized spacial score (nSPS) is 17.7. The van der Waals surface area contributed by atoms with Crippen LogP contribution in [-0.4, -0.2) is 33.2 Å². The van der Waals surface area contributed by atoms with Crippen molar-refractivity contribution >= 4 is 0 Å². The van der Waals surface area contributed by atoms with Crippen LogP contribution in [0.25, 0.3) is 11.1 Å². The van der Waals surface area contributed by atoms with Crippen LogP contribution in [0.5, 0.6) is 0 Å². The van der Waals surface area contributed by atoms with Gasteiger partial charge < -0.3 is 0 Å². The van der Waals surface area contributed by atoms with Crippen LogP contribution in [0.15, 0.2) is 54.9 Å². The van der Waals surface area contributed by atoms with Gasteiger partial charge in [0.2, 0.25) is 0 Å². The molecule has 0 radical (unpaired) electrons. The Morgan fingerprint density at radius 1 is 1.15 bits per heavy atom. The zero-order chi connectivity index (χ0) is 17.8. The predicted octanol–water partition coefficient (Wildman–Crippen LogP) is 3.72. The van der Waals surface area contributed by atoms with Gasteiger partial charge in [-0.3, -0.25) is 10.00 Å². The van der Waals surface area contributed by atoms with Gasteiger partial charge in [-0.15, -0.1) is 0 Å². The van der Waals surface area contributed by atoms with Crippen molar-refractivity contribution in [2.24, 2.45) is 0 Å². The lowest BCUT2D eigenvalue weighted by atomic mass is 9.96. The SMILES string of the molecule is N#Cc1ccccc1-c1ccc(CN2CCCC(c3ncn[nH]3)C2)cc1. The number of piperidine rings is 1. The van der Waals surface area contributed by atoms with E-state index >= 15 is 0 Å².